The minimum atomic E-state index is -0.208. The molecule has 26 heavy (non-hydrogen) atoms. The average molecular weight is 342 g/mol. The summed E-state index contributed by atoms with van der Waals surface area (Å²) < 4.78 is 1.74. The van der Waals surface area contributed by atoms with Gasteiger partial charge in [-0.2, -0.15) is 0 Å². The van der Waals surface area contributed by atoms with E-state index in [1.54, 1.807) is 22.9 Å². The first kappa shape index (κ1) is 16.0. The molecule has 0 fully saturated rings. The predicted molar refractivity (Wildman–Crippen MR) is 99.8 cm³/mol. The first-order valence-corrected chi connectivity index (χ1v) is 8.49. The molecule has 4 rings (SSSR count). The third kappa shape index (κ3) is 3.47. The van der Waals surface area contributed by atoms with E-state index in [4.69, 9.17) is 0 Å². The van der Waals surface area contributed by atoms with Crippen molar-refractivity contribution in [3.05, 3.63) is 102 Å². The molecular formula is C21H18N4O. The van der Waals surface area contributed by atoms with Gasteiger partial charge in [0.15, 0.2) is 0 Å². The molecule has 0 aliphatic heterocycles. The first-order chi connectivity index (χ1) is 12.8. The summed E-state index contributed by atoms with van der Waals surface area (Å²) in [5, 5.41) is 3.12. The van der Waals surface area contributed by atoms with Gasteiger partial charge in [0.05, 0.1) is 6.04 Å². The molecule has 0 radical (unpaired) electrons. The SMILES string of the molecule is O=C(N[C@@H](Cc1ccccc1)c1ccccc1)c1cn2cccnc2n1. The number of hydrogen-bond donors (Lipinski definition) is 1. The van der Waals surface area contributed by atoms with E-state index in [1.165, 1.54) is 5.56 Å². The van der Waals surface area contributed by atoms with E-state index in [1.807, 2.05) is 54.7 Å². The lowest BCUT2D eigenvalue weighted by molar-refractivity contribution is 0.0932. The summed E-state index contributed by atoms with van der Waals surface area (Å²) in [5.74, 6) is 0.303. The number of imidazole rings is 1. The van der Waals surface area contributed by atoms with Gasteiger partial charge in [0.2, 0.25) is 5.78 Å². The first-order valence-electron chi connectivity index (χ1n) is 8.49. The highest BCUT2D eigenvalue weighted by molar-refractivity contribution is 5.93. The minimum Gasteiger partial charge on any atom is -0.344 e. The molecule has 128 valence electrons. The van der Waals surface area contributed by atoms with Gasteiger partial charge in [0, 0.05) is 18.6 Å². The lowest BCUT2D eigenvalue weighted by Crippen LogP contribution is -2.30. The van der Waals surface area contributed by atoms with Crippen LogP contribution in [-0.4, -0.2) is 20.3 Å². The van der Waals surface area contributed by atoms with Crippen LogP contribution in [0.5, 0.6) is 0 Å². The standard InChI is InChI=1S/C21H18N4O/c26-20(19-15-25-13-7-12-22-21(25)24-19)23-18(17-10-5-2-6-11-17)14-16-8-3-1-4-9-16/h1-13,15,18H,14H2,(H,23,26)/t18-/m0/s1. The quantitative estimate of drug-likeness (QED) is 0.604. The van der Waals surface area contributed by atoms with Gasteiger partial charge in [-0.3, -0.25) is 9.20 Å². The topological polar surface area (TPSA) is 59.3 Å². The Labute approximate surface area is 151 Å². The zero-order chi connectivity index (χ0) is 17.8. The second-order valence-corrected chi connectivity index (χ2v) is 6.08. The Morgan fingerprint density at radius 1 is 1.00 bits per heavy atom. The van der Waals surface area contributed by atoms with Crippen molar-refractivity contribution < 1.29 is 4.79 Å². The normalized spacial score (nSPS) is 12.0. The van der Waals surface area contributed by atoms with Gasteiger partial charge in [-0.1, -0.05) is 60.7 Å². The van der Waals surface area contributed by atoms with Crippen LogP contribution in [0.3, 0.4) is 0 Å². The molecular weight excluding hydrogens is 324 g/mol. The van der Waals surface area contributed by atoms with Crippen molar-refractivity contribution in [2.24, 2.45) is 0 Å². The van der Waals surface area contributed by atoms with Crippen molar-refractivity contribution in [1.29, 1.82) is 0 Å². The summed E-state index contributed by atoms with van der Waals surface area (Å²) in [6.07, 6.45) is 5.89. The molecule has 4 aromatic rings. The van der Waals surface area contributed by atoms with Crippen LogP contribution in [0.1, 0.15) is 27.7 Å². The molecule has 0 unspecified atom stereocenters. The number of hydrogen-bond acceptors (Lipinski definition) is 3. The number of nitrogens with zero attached hydrogens (tertiary/aromatic N) is 3. The molecule has 5 nitrogen and oxygen atoms in total. The fourth-order valence-electron chi connectivity index (χ4n) is 2.96. The number of carbonyl (C=O) groups is 1. The van der Waals surface area contributed by atoms with E-state index in [-0.39, 0.29) is 11.9 Å². The molecule has 0 aliphatic rings. The van der Waals surface area contributed by atoms with Crippen LogP contribution in [-0.2, 0) is 6.42 Å². The Balaban J connectivity index is 1.60. The van der Waals surface area contributed by atoms with E-state index in [0.29, 0.717) is 17.9 Å². The number of amides is 1. The number of carbonyl (C=O) groups excluding carboxylic acids is 1. The fourth-order valence-corrected chi connectivity index (χ4v) is 2.96. The molecule has 0 saturated carbocycles. The molecule has 1 N–H and O–H groups in total. The van der Waals surface area contributed by atoms with Crippen molar-refractivity contribution >= 4 is 11.7 Å². The van der Waals surface area contributed by atoms with Gasteiger partial charge in [-0.15, -0.1) is 0 Å². The number of rotatable bonds is 5. The number of nitrogens with one attached hydrogen (secondary N) is 1. The maximum absolute atomic E-state index is 12.8. The Morgan fingerprint density at radius 3 is 2.46 bits per heavy atom. The summed E-state index contributed by atoms with van der Waals surface area (Å²) in [4.78, 5) is 21.2. The summed E-state index contributed by atoms with van der Waals surface area (Å²) in [6, 6.07) is 21.8. The van der Waals surface area contributed by atoms with E-state index < -0.39 is 0 Å². The molecule has 5 heteroatoms. The predicted octanol–water partition coefficient (Wildman–Crippen LogP) is 3.44. The molecule has 1 atom stereocenters. The third-order valence-corrected chi connectivity index (χ3v) is 4.26. The van der Waals surface area contributed by atoms with Crippen LogP contribution in [0.25, 0.3) is 5.78 Å². The van der Waals surface area contributed by atoms with Gasteiger partial charge >= 0.3 is 0 Å². The molecule has 0 spiro atoms. The van der Waals surface area contributed by atoms with E-state index >= 15 is 0 Å². The van der Waals surface area contributed by atoms with Gasteiger partial charge < -0.3 is 5.32 Å². The van der Waals surface area contributed by atoms with Gasteiger partial charge in [0.1, 0.15) is 5.69 Å². The average Bonchev–Trinajstić information content (AvgIpc) is 3.13. The van der Waals surface area contributed by atoms with Crippen molar-refractivity contribution in [1.82, 2.24) is 19.7 Å². The van der Waals surface area contributed by atoms with Crippen LogP contribution in [0.2, 0.25) is 0 Å². The van der Waals surface area contributed by atoms with Crippen LogP contribution < -0.4 is 5.32 Å². The van der Waals surface area contributed by atoms with Gasteiger partial charge in [-0.25, -0.2) is 9.97 Å². The van der Waals surface area contributed by atoms with E-state index in [0.717, 1.165) is 5.56 Å². The lowest BCUT2D eigenvalue weighted by Gasteiger charge is -2.19. The second kappa shape index (κ2) is 7.19. The van der Waals surface area contributed by atoms with E-state index in [9.17, 15) is 4.79 Å². The van der Waals surface area contributed by atoms with Crippen LogP contribution in [0.15, 0.2) is 85.3 Å². The summed E-state index contributed by atoms with van der Waals surface area (Å²) in [7, 11) is 0. The highest BCUT2D eigenvalue weighted by atomic mass is 16.2. The van der Waals surface area contributed by atoms with Crippen LogP contribution in [0.4, 0.5) is 0 Å². The Kier molecular flexibility index (Phi) is 4.43. The zero-order valence-electron chi connectivity index (χ0n) is 14.1. The van der Waals surface area contributed by atoms with Crippen LogP contribution in [0, 0.1) is 0 Å². The molecule has 2 aromatic carbocycles. The van der Waals surface area contributed by atoms with Crippen molar-refractivity contribution in [2.45, 2.75) is 12.5 Å². The molecule has 0 bridgehead atoms. The van der Waals surface area contributed by atoms with Gasteiger partial charge in [0.25, 0.3) is 5.91 Å². The zero-order valence-corrected chi connectivity index (χ0v) is 14.1. The largest absolute Gasteiger partial charge is 0.344 e. The number of aromatic nitrogens is 3. The maximum Gasteiger partial charge on any atom is 0.272 e. The molecule has 2 aromatic heterocycles. The fraction of sp³-hybridized carbons (Fsp3) is 0.0952. The molecule has 0 aliphatic carbocycles. The minimum absolute atomic E-state index is 0.135. The molecule has 1 amide bonds. The highest BCUT2D eigenvalue weighted by Crippen LogP contribution is 2.19. The highest BCUT2D eigenvalue weighted by Gasteiger charge is 2.18. The monoisotopic (exact) mass is 342 g/mol. The van der Waals surface area contributed by atoms with E-state index in [2.05, 4.69) is 27.4 Å². The number of fused-ring (bicyclic) bond motifs is 1. The van der Waals surface area contributed by atoms with Crippen molar-refractivity contribution in [3.8, 4) is 0 Å². The Hall–Kier alpha value is -3.47. The molecule has 0 saturated heterocycles. The van der Waals surface area contributed by atoms with Crippen molar-refractivity contribution in [2.75, 3.05) is 0 Å². The smallest absolute Gasteiger partial charge is 0.272 e. The Morgan fingerprint density at radius 2 is 1.73 bits per heavy atom. The summed E-state index contributed by atoms with van der Waals surface area (Å²) in [6.45, 7) is 0. The molecule has 2 heterocycles. The van der Waals surface area contributed by atoms with Gasteiger partial charge in [-0.05, 0) is 23.6 Å². The van der Waals surface area contributed by atoms with Crippen molar-refractivity contribution in [3.63, 3.8) is 0 Å². The second-order valence-electron chi connectivity index (χ2n) is 6.08. The Bertz CT molecular complexity index is 979. The summed E-state index contributed by atoms with van der Waals surface area (Å²) in [5.41, 5.74) is 2.59. The third-order valence-electron chi connectivity index (χ3n) is 4.26. The summed E-state index contributed by atoms with van der Waals surface area (Å²) >= 11 is 0. The van der Waals surface area contributed by atoms with Crippen LogP contribution >= 0.6 is 0 Å². The number of benzene rings is 2. The maximum atomic E-state index is 12.8. The lowest BCUT2D eigenvalue weighted by atomic mass is 9.99.